The highest BCUT2D eigenvalue weighted by Crippen LogP contribution is 2.36. The van der Waals surface area contributed by atoms with Crippen LogP contribution in [0.15, 0.2) is 124 Å². The lowest BCUT2D eigenvalue weighted by Crippen LogP contribution is -2.18. The molecule has 156 valence electrons. The Kier molecular flexibility index (Phi) is 5.95. The van der Waals surface area contributed by atoms with Crippen molar-refractivity contribution in [3.63, 3.8) is 0 Å². The number of hydrogen-bond donors (Lipinski definition) is 0. The van der Waals surface area contributed by atoms with Gasteiger partial charge in [0.05, 0.1) is 23.1 Å². The minimum atomic E-state index is 0.175. The number of nitrogens with zero attached hydrogens (tertiary/aromatic N) is 3. The van der Waals surface area contributed by atoms with Gasteiger partial charge in [-0.25, -0.2) is 0 Å². The first kappa shape index (κ1) is 20.4. The molecular weight excluding hydrogens is 458 g/mol. The maximum atomic E-state index is 5.03. The van der Waals surface area contributed by atoms with E-state index >= 15 is 0 Å². The van der Waals surface area contributed by atoms with Gasteiger partial charge in [0.25, 0.3) is 0 Å². The number of aliphatic imine (C=N–C) groups is 1. The summed E-state index contributed by atoms with van der Waals surface area (Å²) in [4.78, 5) is 4.57. The van der Waals surface area contributed by atoms with Crippen LogP contribution < -0.4 is 5.01 Å². The van der Waals surface area contributed by atoms with Gasteiger partial charge in [0.2, 0.25) is 0 Å². The van der Waals surface area contributed by atoms with Crippen LogP contribution in [-0.2, 0) is 0 Å². The maximum absolute atomic E-state index is 5.03. The van der Waals surface area contributed by atoms with Crippen molar-refractivity contribution < 1.29 is 0 Å². The predicted molar refractivity (Wildman–Crippen MR) is 137 cm³/mol. The second-order valence-corrected chi connectivity index (χ2v) is 8.63. The van der Waals surface area contributed by atoms with Gasteiger partial charge in [-0.15, -0.1) is 0 Å². The Balaban J connectivity index is 1.42. The van der Waals surface area contributed by atoms with E-state index in [1.807, 2.05) is 36.5 Å². The zero-order valence-electron chi connectivity index (χ0n) is 17.5. The number of benzene rings is 4. The molecule has 32 heavy (non-hydrogen) atoms. The van der Waals surface area contributed by atoms with E-state index in [1.165, 1.54) is 11.1 Å². The Hall–Kier alpha value is -3.50. The molecule has 1 aliphatic rings. The summed E-state index contributed by atoms with van der Waals surface area (Å²) in [6.07, 6.45) is 2.77. The molecule has 1 heterocycles. The standard InChI is InChI=1S/C28H22BrN3/c29-24-13-15-25(16-14-24)30-20-21-11-17-26(18-12-21)32-28(23-9-5-2-6-10-23)19-27(31-32)22-7-3-1-4-8-22/h1-18,20,28H,19H2. The van der Waals surface area contributed by atoms with Gasteiger partial charge in [-0.3, -0.25) is 10.0 Å². The highest BCUT2D eigenvalue weighted by atomic mass is 79.9. The van der Waals surface area contributed by atoms with Crippen LogP contribution in [-0.4, -0.2) is 11.9 Å². The fourth-order valence-electron chi connectivity index (χ4n) is 3.88. The fourth-order valence-corrected chi connectivity index (χ4v) is 4.14. The molecule has 0 aromatic heterocycles. The molecule has 1 unspecified atom stereocenters. The molecule has 1 aliphatic heterocycles. The van der Waals surface area contributed by atoms with Crippen LogP contribution in [0.25, 0.3) is 0 Å². The van der Waals surface area contributed by atoms with Gasteiger partial charge >= 0.3 is 0 Å². The van der Waals surface area contributed by atoms with Crippen LogP contribution >= 0.6 is 15.9 Å². The van der Waals surface area contributed by atoms with Crippen LogP contribution in [0.1, 0.15) is 29.2 Å². The van der Waals surface area contributed by atoms with E-state index in [-0.39, 0.29) is 6.04 Å². The maximum Gasteiger partial charge on any atom is 0.0831 e. The van der Waals surface area contributed by atoms with E-state index in [9.17, 15) is 0 Å². The monoisotopic (exact) mass is 479 g/mol. The Morgan fingerprint density at radius 1 is 0.781 bits per heavy atom. The van der Waals surface area contributed by atoms with E-state index < -0.39 is 0 Å². The van der Waals surface area contributed by atoms with Crippen molar-refractivity contribution in [3.8, 4) is 0 Å². The van der Waals surface area contributed by atoms with Gasteiger partial charge in [-0.2, -0.15) is 5.10 Å². The van der Waals surface area contributed by atoms with Crippen molar-refractivity contribution >= 4 is 39.2 Å². The normalized spacial score (nSPS) is 15.8. The molecule has 0 N–H and O–H groups in total. The van der Waals surface area contributed by atoms with Crippen LogP contribution in [0.4, 0.5) is 11.4 Å². The van der Waals surface area contributed by atoms with Crippen LogP contribution in [0, 0.1) is 0 Å². The molecule has 0 saturated heterocycles. The minimum Gasteiger partial charge on any atom is -0.257 e. The molecular formula is C28H22BrN3. The predicted octanol–water partition coefficient (Wildman–Crippen LogP) is 7.56. The first-order valence-corrected chi connectivity index (χ1v) is 11.4. The van der Waals surface area contributed by atoms with Crippen molar-refractivity contribution in [2.75, 3.05) is 5.01 Å². The summed E-state index contributed by atoms with van der Waals surface area (Å²) in [7, 11) is 0. The average molecular weight is 480 g/mol. The number of hydrogen-bond acceptors (Lipinski definition) is 3. The molecule has 0 amide bonds. The first-order chi connectivity index (χ1) is 15.8. The molecule has 4 heteroatoms. The van der Waals surface area contributed by atoms with Gasteiger partial charge in [0.1, 0.15) is 0 Å². The third-order valence-electron chi connectivity index (χ3n) is 5.55. The van der Waals surface area contributed by atoms with Gasteiger partial charge in [0, 0.05) is 17.1 Å². The van der Waals surface area contributed by atoms with Crippen molar-refractivity contribution in [1.29, 1.82) is 0 Å². The Labute approximate surface area is 196 Å². The molecule has 0 bridgehead atoms. The van der Waals surface area contributed by atoms with Crippen LogP contribution in [0.3, 0.4) is 0 Å². The molecule has 1 atom stereocenters. The molecule has 0 aliphatic carbocycles. The first-order valence-electron chi connectivity index (χ1n) is 10.6. The lowest BCUT2D eigenvalue weighted by atomic mass is 9.98. The van der Waals surface area contributed by atoms with Crippen molar-refractivity contribution in [3.05, 3.63) is 130 Å². The third kappa shape index (κ3) is 4.56. The molecule has 0 radical (unpaired) electrons. The van der Waals surface area contributed by atoms with E-state index in [0.29, 0.717) is 0 Å². The lowest BCUT2D eigenvalue weighted by Gasteiger charge is -2.24. The molecule has 0 fully saturated rings. The molecule has 0 saturated carbocycles. The highest BCUT2D eigenvalue weighted by molar-refractivity contribution is 9.10. The van der Waals surface area contributed by atoms with Crippen molar-refractivity contribution in [1.82, 2.24) is 0 Å². The number of rotatable bonds is 5. The summed E-state index contributed by atoms with van der Waals surface area (Å²) >= 11 is 3.46. The molecule has 5 rings (SSSR count). The van der Waals surface area contributed by atoms with Crippen LogP contribution in [0.5, 0.6) is 0 Å². The fraction of sp³-hybridized carbons (Fsp3) is 0.0714. The number of hydrazone groups is 1. The zero-order chi connectivity index (χ0) is 21.8. The summed E-state index contributed by atoms with van der Waals surface area (Å²) in [5.41, 5.74) is 6.61. The minimum absolute atomic E-state index is 0.175. The largest absolute Gasteiger partial charge is 0.257 e. The Morgan fingerprint density at radius 2 is 1.44 bits per heavy atom. The van der Waals surface area contributed by atoms with E-state index in [2.05, 4.69) is 105 Å². The lowest BCUT2D eigenvalue weighted by molar-refractivity contribution is 0.709. The second-order valence-electron chi connectivity index (χ2n) is 7.71. The zero-order valence-corrected chi connectivity index (χ0v) is 19.1. The summed E-state index contributed by atoms with van der Waals surface area (Å²) in [6.45, 7) is 0. The van der Waals surface area contributed by atoms with Gasteiger partial charge in [-0.05, 0) is 53.1 Å². The van der Waals surface area contributed by atoms with Gasteiger partial charge in [0.15, 0.2) is 0 Å². The Morgan fingerprint density at radius 3 is 2.12 bits per heavy atom. The highest BCUT2D eigenvalue weighted by Gasteiger charge is 2.29. The van der Waals surface area contributed by atoms with Crippen LogP contribution in [0.2, 0.25) is 0 Å². The summed E-state index contributed by atoms with van der Waals surface area (Å²) in [5.74, 6) is 0. The van der Waals surface area contributed by atoms with E-state index in [0.717, 1.165) is 33.5 Å². The van der Waals surface area contributed by atoms with E-state index in [1.54, 1.807) is 0 Å². The number of halogens is 1. The summed E-state index contributed by atoms with van der Waals surface area (Å²) in [5, 5.41) is 7.18. The van der Waals surface area contributed by atoms with Gasteiger partial charge < -0.3 is 0 Å². The van der Waals surface area contributed by atoms with Gasteiger partial charge in [-0.1, -0.05) is 88.7 Å². The van der Waals surface area contributed by atoms with Crippen molar-refractivity contribution in [2.45, 2.75) is 12.5 Å². The molecule has 0 spiro atoms. The molecule has 4 aromatic carbocycles. The average Bonchev–Trinajstić information content (AvgIpc) is 3.31. The smallest absolute Gasteiger partial charge is 0.0831 e. The second kappa shape index (κ2) is 9.33. The topological polar surface area (TPSA) is 28.0 Å². The molecule has 3 nitrogen and oxygen atoms in total. The molecule has 4 aromatic rings. The summed E-state index contributed by atoms with van der Waals surface area (Å²) in [6, 6.07) is 37.6. The number of anilines is 1. The van der Waals surface area contributed by atoms with Crippen molar-refractivity contribution in [2.24, 2.45) is 10.1 Å². The van der Waals surface area contributed by atoms with E-state index in [4.69, 9.17) is 5.10 Å². The summed E-state index contributed by atoms with van der Waals surface area (Å²) < 4.78 is 1.05. The quantitative estimate of drug-likeness (QED) is 0.271. The SMILES string of the molecule is Brc1ccc(N=Cc2ccc(N3N=C(c4ccccc4)CC3c3ccccc3)cc2)cc1. The third-order valence-corrected chi connectivity index (χ3v) is 6.08. The Bertz CT molecular complexity index is 1230.